The van der Waals surface area contributed by atoms with Crippen LogP contribution >= 0.6 is 0 Å². The predicted octanol–water partition coefficient (Wildman–Crippen LogP) is 2.41. The fourth-order valence-corrected chi connectivity index (χ4v) is 2.61. The number of carbonyl (C=O) groups excluding carboxylic acids is 1. The zero-order valence-corrected chi connectivity index (χ0v) is 16.2. The minimum atomic E-state index is -0.0746. The van der Waals surface area contributed by atoms with Crippen LogP contribution in [0.2, 0.25) is 0 Å². The van der Waals surface area contributed by atoms with Crippen LogP contribution in [0.1, 0.15) is 18.1 Å². The zero-order valence-electron chi connectivity index (χ0n) is 16.2. The van der Waals surface area contributed by atoms with Crippen molar-refractivity contribution in [2.24, 2.45) is 4.99 Å². The molecule has 0 fully saturated rings. The Morgan fingerprint density at radius 1 is 1.04 bits per heavy atom. The fraction of sp³-hybridized carbons (Fsp3) is 0.333. The lowest BCUT2D eigenvalue weighted by Crippen LogP contribution is -2.43. The summed E-state index contributed by atoms with van der Waals surface area (Å²) in [7, 11) is 3.65. The van der Waals surface area contributed by atoms with E-state index in [4.69, 9.17) is 4.74 Å². The standard InChI is InChI=1S/C21H28N4O2/c1-4-27-19-12-10-18(11-13-19)16-25(3)21(22-2)24-15-20(26)23-14-17-8-6-5-7-9-17/h5-13H,4,14-16H2,1-3H3,(H,22,24)(H,23,26). The summed E-state index contributed by atoms with van der Waals surface area (Å²) in [5.74, 6) is 1.45. The Morgan fingerprint density at radius 3 is 2.37 bits per heavy atom. The molecule has 0 aliphatic heterocycles. The van der Waals surface area contributed by atoms with Gasteiger partial charge >= 0.3 is 0 Å². The summed E-state index contributed by atoms with van der Waals surface area (Å²) in [5.41, 5.74) is 2.21. The molecule has 0 unspecified atom stereocenters. The number of rotatable bonds is 8. The molecule has 0 saturated carbocycles. The Balaban J connectivity index is 1.78. The summed E-state index contributed by atoms with van der Waals surface area (Å²) in [4.78, 5) is 18.3. The van der Waals surface area contributed by atoms with Gasteiger partial charge in [0.15, 0.2) is 5.96 Å². The number of nitrogens with zero attached hydrogens (tertiary/aromatic N) is 2. The van der Waals surface area contributed by atoms with E-state index in [1.807, 2.05) is 73.5 Å². The van der Waals surface area contributed by atoms with E-state index < -0.39 is 0 Å². The Kier molecular flexibility index (Phi) is 8.16. The van der Waals surface area contributed by atoms with Crippen LogP contribution in [0.15, 0.2) is 59.6 Å². The van der Waals surface area contributed by atoms with Crippen molar-refractivity contribution in [3.63, 3.8) is 0 Å². The normalized spacial score (nSPS) is 11.0. The molecule has 2 N–H and O–H groups in total. The molecule has 0 spiro atoms. The van der Waals surface area contributed by atoms with Gasteiger partial charge in [-0.25, -0.2) is 0 Å². The molecule has 2 aromatic carbocycles. The number of carbonyl (C=O) groups is 1. The van der Waals surface area contributed by atoms with Gasteiger partial charge in [0.2, 0.25) is 5.91 Å². The van der Waals surface area contributed by atoms with Gasteiger partial charge in [0, 0.05) is 27.2 Å². The highest BCUT2D eigenvalue weighted by Crippen LogP contribution is 2.13. The molecule has 0 saturated heterocycles. The highest BCUT2D eigenvalue weighted by Gasteiger charge is 2.09. The monoisotopic (exact) mass is 368 g/mol. The van der Waals surface area contributed by atoms with Crippen LogP contribution in [0.5, 0.6) is 5.75 Å². The summed E-state index contributed by atoms with van der Waals surface area (Å²) in [6, 6.07) is 17.8. The van der Waals surface area contributed by atoms with Crippen LogP contribution in [0.25, 0.3) is 0 Å². The first-order chi connectivity index (χ1) is 13.1. The highest BCUT2D eigenvalue weighted by molar-refractivity contribution is 5.86. The van der Waals surface area contributed by atoms with Crippen molar-refractivity contribution >= 4 is 11.9 Å². The van der Waals surface area contributed by atoms with Gasteiger partial charge in [-0.2, -0.15) is 0 Å². The largest absolute Gasteiger partial charge is 0.494 e. The van der Waals surface area contributed by atoms with E-state index in [1.165, 1.54) is 0 Å². The number of amides is 1. The minimum Gasteiger partial charge on any atom is -0.494 e. The number of guanidine groups is 1. The predicted molar refractivity (Wildman–Crippen MR) is 109 cm³/mol. The van der Waals surface area contributed by atoms with E-state index in [-0.39, 0.29) is 12.5 Å². The van der Waals surface area contributed by atoms with Gasteiger partial charge in [0.1, 0.15) is 5.75 Å². The van der Waals surface area contributed by atoms with Crippen LogP contribution in [-0.2, 0) is 17.9 Å². The molecular weight excluding hydrogens is 340 g/mol. The third-order valence-electron chi connectivity index (χ3n) is 3.97. The average molecular weight is 368 g/mol. The molecule has 2 rings (SSSR count). The van der Waals surface area contributed by atoms with Gasteiger partial charge < -0.3 is 20.3 Å². The SMILES string of the molecule is CCOc1ccc(CN(C)C(=NC)NCC(=O)NCc2ccccc2)cc1. The number of hydrogen-bond donors (Lipinski definition) is 2. The molecule has 0 aromatic heterocycles. The first-order valence-electron chi connectivity index (χ1n) is 9.06. The lowest BCUT2D eigenvalue weighted by atomic mass is 10.2. The molecule has 144 valence electrons. The van der Waals surface area contributed by atoms with Crippen LogP contribution < -0.4 is 15.4 Å². The number of hydrogen-bond acceptors (Lipinski definition) is 3. The van der Waals surface area contributed by atoms with E-state index in [0.29, 0.717) is 25.7 Å². The summed E-state index contributed by atoms with van der Waals surface area (Å²) in [6.07, 6.45) is 0. The second-order valence-electron chi connectivity index (χ2n) is 6.10. The van der Waals surface area contributed by atoms with Crippen LogP contribution in [0.4, 0.5) is 0 Å². The number of aliphatic imine (C=N–C) groups is 1. The minimum absolute atomic E-state index is 0.0746. The van der Waals surface area contributed by atoms with Gasteiger partial charge in [-0.05, 0) is 30.2 Å². The Morgan fingerprint density at radius 2 is 1.74 bits per heavy atom. The fourth-order valence-electron chi connectivity index (χ4n) is 2.61. The quantitative estimate of drug-likeness (QED) is 0.555. The summed E-state index contributed by atoms with van der Waals surface area (Å²) >= 11 is 0. The molecule has 0 radical (unpaired) electrons. The Hall–Kier alpha value is -3.02. The topological polar surface area (TPSA) is 66.0 Å². The molecule has 0 heterocycles. The lowest BCUT2D eigenvalue weighted by molar-refractivity contribution is -0.120. The lowest BCUT2D eigenvalue weighted by Gasteiger charge is -2.22. The third-order valence-corrected chi connectivity index (χ3v) is 3.97. The molecule has 2 aromatic rings. The highest BCUT2D eigenvalue weighted by atomic mass is 16.5. The van der Waals surface area contributed by atoms with Gasteiger partial charge in [-0.3, -0.25) is 9.79 Å². The molecule has 27 heavy (non-hydrogen) atoms. The molecule has 6 heteroatoms. The zero-order chi connectivity index (χ0) is 19.5. The van der Waals surface area contributed by atoms with Gasteiger partial charge in [-0.15, -0.1) is 0 Å². The van der Waals surface area contributed by atoms with Gasteiger partial charge in [0.25, 0.3) is 0 Å². The maximum atomic E-state index is 12.1. The van der Waals surface area contributed by atoms with Crippen molar-refractivity contribution in [2.75, 3.05) is 27.2 Å². The molecule has 1 amide bonds. The van der Waals surface area contributed by atoms with E-state index in [1.54, 1.807) is 7.05 Å². The first-order valence-corrected chi connectivity index (χ1v) is 9.06. The number of benzene rings is 2. The second-order valence-corrected chi connectivity index (χ2v) is 6.10. The maximum Gasteiger partial charge on any atom is 0.239 e. The maximum absolute atomic E-state index is 12.1. The molecule has 6 nitrogen and oxygen atoms in total. The summed E-state index contributed by atoms with van der Waals surface area (Å²) in [6.45, 7) is 3.99. The van der Waals surface area contributed by atoms with Crippen molar-refractivity contribution in [3.05, 3.63) is 65.7 Å². The van der Waals surface area contributed by atoms with Crippen molar-refractivity contribution < 1.29 is 9.53 Å². The molecule has 0 aliphatic rings. The van der Waals surface area contributed by atoms with Crippen molar-refractivity contribution in [3.8, 4) is 5.75 Å². The van der Waals surface area contributed by atoms with E-state index in [0.717, 1.165) is 16.9 Å². The summed E-state index contributed by atoms with van der Waals surface area (Å²) < 4.78 is 5.46. The number of nitrogens with one attached hydrogen (secondary N) is 2. The van der Waals surface area contributed by atoms with Crippen molar-refractivity contribution in [1.29, 1.82) is 0 Å². The molecule has 0 bridgehead atoms. The smallest absolute Gasteiger partial charge is 0.239 e. The number of ether oxygens (including phenoxy) is 1. The molecule has 0 aliphatic carbocycles. The second kappa shape index (κ2) is 10.9. The first kappa shape index (κ1) is 20.3. The average Bonchev–Trinajstić information content (AvgIpc) is 2.69. The Labute approximate surface area is 161 Å². The van der Waals surface area contributed by atoms with Gasteiger partial charge in [0.05, 0.1) is 13.2 Å². The van der Waals surface area contributed by atoms with E-state index >= 15 is 0 Å². The van der Waals surface area contributed by atoms with E-state index in [9.17, 15) is 4.79 Å². The van der Waals surface area contributed by atoms with Crippen molar-refractivity contribution in [1.82, 2.24) is 15.5 Å². The Bertz CT molecular complexity index is 730. The van der Waals surface area contributed by atoms with E-state index in [2.05, 4.69) is 15.6 Å². The van der Waals surface area contributed by atoms with Gasteiger partial charge in [-0.1, -0.05) is 42.5 Å². The van der Waals surface area contributed by atoms with Crippen LogP contribution in [0, 0.1) is 0 Å². The summed E-state index contributed by atoms with van der Waals surface area (Å²) in [5, 5.41) is 5.99. The van der Waals surface area contributed by atoms with Crippen LogP contribution in [0.3, 0.4) is 0 Å². The van der Waals surface area contributed by atoms with Crippen molar-refractivity contribution in [2.45, 2.75) is 20.0 Å². The van der Waals surface area contributed by atoms with Crippen LogP contribution in [-0.4, -0.2) is 44.0 Å². The third kappa shape index (κ3) is 7.01. The molecular formula is C21H28N4O2. The molecule has 0 atom stereocenters.